The molecular weight excluding hydrogens is 352 g/mol. The van der Waals surface area contributed by atoms with Gasteiger partial charge in [0.15, 0.2) is 0 Å². The summed E-state index contributed by atoms with van der Waals surface area (Å²) < 4.78 is 0. The molecule has 0 fully saturated rings. The van der Waals surface area contributed by atoms with Crippen LogP contribution in [0.2, 0.25) is 0 Å². The Balaban J connectivity index is 2.46. The minimum atomic E-state index is -1.02. The lowest BCUT2D eigenvalue weighted by Crippen LogP contribution is -2.32. The van der Waals surface area contributed by atoms with Crippen LogP contribution in [0, 0.1) is 18.8 Å². The summed E-state index contributed by atoms with van der Waals surface area (Å²) in [4.78, 5) is 26.5. The summed E-state index contributed by atoms with van der Waals surface area (Å²) in [5, 5.41) is 12.3. The molecule has 0 unspecified atom stereocenters. The van der Waals surface area contributed by atoms with E-state index in [1.165, 1.54) is 0 Å². The maximum Gasteiger partial charge on any atom is 0.335 e. The van der Waals surface area contributed by atoms with E-state index in [0.29, 0.717) is 23.1 Å². The van der Waals surface area contributed by atoms with Crippen molar-refractivity contribution in [2.45, 2.75) is 34.6 Å². The molecule has 0 bridgehead atoms. The average molecular weight is 383 g/mol. The number of amides is 1. The summed E-state index contributed by atoms with van der Waals surface area (Å²) in [7, 11) is 0. The molecule has 0 saturated carbocycles. The smallest absolute Gasteiger partial charge is 0.335 e. The van der Waals surface area contributed by atoms with Crippen LogP contribution in [0.25, 0.3) is 0 Å². The van der Waals surface area contributed by atoms with E-state index in [4.69, 9.17) is 0 Å². The van der Waals surface area contributed by atoms with E-state index in [-0.39, 0.29) is 11.5 Å². The molecule has 0 aliphatic carbocycles. The van der Waals surface area contributed by atoms with Gasteiger partial charge in [0.1, 0.15) is 0 Å². The van der Waals surface area contributed by atoms with Gasteiger partial charge in [-0.3, -0.25) is 4.79 Å². The molecule has 1 amide bonds. The number of carboxylic acid groups (broad SMARTS) is 1. The molecule has 0 aromatic heterocycles. The monoisotopic (exact) mass is 382 g/mol. The zero-order valence-corrected chi connectivity index (χ0v) is 17.3. The Morgan fingerprint density at radius 2 is 1.61 bits per heavy atom. The fourth-order valence-corrected chi connectivity index (χ4v) is 3.22. The van der Waals surface area contributed by atoms with Gasteiger partial charge in [0, 0.05) is 18.7 Å². The van der Waals surface area contributed by atoms with Crippen LogP contribution in [0.5, 0.6) is 0 Å². The van der Waals surface area contributed by atoms with Crippen LogP contribution in [-0.4, -0.2) is 30.1 Å². The zero-order chi connectivity index (χ0) is 20.8. The first-order valence-electron chi connectivity index (χ1n) is 9.68. The number of anilines is 2. The highest BCUT2D eigenvalue weighted by molar-refractivity contribution is 6.07. The van der Waals surface area contributed by atoms with Crippen molar-refractivity contribution in [3.63, 3.8) is 0 Å². The van der Waals surface area contributed by atoms with Crippen molar-refractivity contribution >= 4 is 23.3 Å². The summed E-state index contributed by atoms with van der Waals surface area (Å²) >= 11 is 0. The molecule has 2 aromatic carbocycles. The third-order valence-corrected chi connectivity index (χ3v) is 4.39. The van der Waals surface area contributed by atoms with Crippen LogP contribution in [-0.2, 0) is 0 Å². The summed E-state index contributed by atoms with van der Waals surface area (Å²) in [6.45, 7) is 12.1. The Kier molecular flexibility index (Phi) is 7.21. The third kappa shape index (κ3) is 5.59. The van der Waals surface area contributed by atoms with Gasteiger partial charge in [-0.05, 0) is 48.6 Å². The van der Waals surface area contributed by atoms with Gasteiger partial charge in [0.2, 0.25) is 0 Å². The lowest BCUT2D eigenvalue weighted by molar-refractivity contribution is 0.0696. The molecule has 150 valence electrons. The van der Waals surface area contributed by atoms with E-state index in [1.807, 2.05) is 25.1 Å². The molecule has 0 aliphatic heterocycles. The number of hydrogen-bond donors (Lipinski definition) is 2. The van der Waals surface area contributed by atoms with Crippen LogP contribution in [0.1, 0.15) is 54.0 Å². The number of carboxylic acids is 1. The molecule has 5 heteroatoms. The fourth-order valence-electron chi connectivity index (χ4n) is 3.22. The van der Waals surface area contributed by atoms with E-state index in [0.717, 1.165) is 24.3 Å². The van der Waals surface area contributed by atoms with Crippen molar-refractivity contribution in [1.29, 1.82) is 0 Å². The van der Waals surface area contributed by atoms with Gasteiger partial charge >= 0.3 is 5.97 Å². The Labute approximate surface area is 167 Å². The Bertz CT molecular complexity index is 833. The van der Waals surface area contributed by atoms with Gasteiger partial charge in [-0.15, -0.1) is 0 Å². The molecule has 0 saturated heterocycles. The lowest BCUT2D eigenvalue weighted by Gasteiger charge is -2.30. The molecule has 0 spiro atoms. The molecular formula is C23H30N2O3. The lowest BCUT2D eigenvalue weighted by atomic mass is 10.1. The van der Waals surface area contributed by atoms with Gasteiger partial charge in [-0.2, -0.15) is 0 Å². The first-order valence-corrected chi connectivity index (χ1v) is 9.68. The number of aryl methyl sites for hydroxylation is 1. The maximum absolute atomic E-state index is 12.9. The normalized spacial score (nSPS) is 11.0. The van der Waals surface area contributed by atoms with Gasteiger partial charge in [-0.25, -0.2) is 4.79 Å². The number of nitrogens with zero attached hydrogens (tertiary/aromatic N) is 1. The highest BCUT2D eigenvalue weighted by atomic mass is 16.4. The zero-order valence-electron chi connectivity index (χ0n) is 17.3. The number of carbonyl (C=O) groups excluding carboxylic acids is 1. The maximum atomic E-state index is 12.9. The average Bonchev–Trinajstić information content (AvgIpc) is 2.60. The predicted molar refractivity (Wildman–Crippen MR) is 114 cm³/mol. The van der Waals surface area contributed by atoms with Crippen molar-refractivity contribution in [2.24, 2.45) is 11.8 Å². The quantitative estimate of drug-likeness (QED) is 0.669. The largest absolute Gasteiger partial charge is 0.478 e. The topological polar surface area (TPSA) is 69.6 Å². The van der Waals surface area contributed by atoms with E-state index < -0.39 is 5.97 Å². The summed E-state index contributed by atoms with van der Waals surface area (Å²) in [6, 6.07) is 12.3. The number of benzene rings is 2. The van der Waals surface area contributed by atoms with E-state index in [9.17, 15) is 14.7 Å². The predicted octanol–water partition coefficient (Wildman–Crippen LogP) is 5.06. The van der Waals surface area contributed by atoms with Crippen molar-refractivity contribution in [3.05, 3.63) is 59.2 Å². The van der Waals surface area contributed by atoms with Crippen LogP contribution >= 0.6 is 0 Å². The van der Waals surface area contributed by atoms with Crippen molar-refractivity contribution in [2.75, 3.05) is 23.3 Å². The molecule has 0 radical (unpaired) electrons. The summed E-state index contributed by atoms with van der Waals surface area (Å²) in [6.07, 6.45) is 0. The van der Waals surface area contributed by atoms with Crippen molar-refractivity contribution in [1.82, 2.24) is 0 Å². The van der Waals surface area contributed by atoms with Gasteiger partial charge in [-0.1, -0.05) is 45.9 Å². The standard InChI is InChI=1S/C23H30N2O3/c1-15(2)13-25(14-16(3)4)21-11-10-18(23(27)28)12-20(21)24-22(26)19-9-7-6-8-17(19)5/h6-12,15-16H,13-14H2,1-5H3,(H,24,26)(H,27,28). The third-order valence-electron chi connectivity index (χ3n) is 4.39. The Morgan fingerprint density at radius 3 is 2.14 bits per heavy atom. The summed E-state index contributed by atoms with van der Waals surface area (Å²) in [5.74, 6) is -0.399. The van der Waals surface area contributed by atoms with Gasteiger partial charge < -0.3 is 15.3 Å². The van der Waals surface area contributed by atoms with Crippen LogP contribution in [0.3, 0.4) is 0 Å². The second-order valence-electron chi connectivity index (χ2n) is 8.00. The second-order valence-corrected chi connectivity index (χ2v) is 8.00. The first kappa shape index (κ1) is 21.5. The minimum absolute atomic E-state index is 0.151. The van der Waals surface area contributed by atoms with E-state index in [1.54, 1.807) is 24.3 Å². The fraction of sp³-hybridized carbons (Fsp3) is 0.391. The number of hydrogen-bond acceptors (Lipinski definition) is 3. The molecule has 0 aliphatic rings. The first-order chi connectivity index (χ1) is 13.2. The highest BCUT2D eigenvalue weighted by Crippen LogP contribution is 2.30. The molecule has 2 rings (SSSR count). The number of nitrogens with one attached hydrogen (secondary N) is 1. The number of carbonyl (C=O) groups is 2. The number of rotatable bonds is 8. The van der Waals surface area contributed by atoms with E-state index >= 15 is 0 Å². The molecule has 28 heavy (non-hydrogen) atoms. The van der Waals surface area contributed by atoms with Crippen LogP contribution in [0.15, 0.2) is 42.5 Å². The molecule has 2 aromatic rings. The Hall–Kier alpha value is -2.82. The summed E-state index contributed by atoms with van der Waals surface area (Å²) in [5.41, 5.74) is 2.97. The molecule has 0 heterocycles. The van der Waals surface area contributed by atoms with E-state index in [2.05, 4.69) is 37.9 Å². The highest BCUT2D eigenvalue weighted by Gasteiger charge is 2.19. The molecule has 5 nitrogen and oxygen atoms in total. The van der Waals surface area contributed by atoms with Gasteiger partial charge in [0.05, 0.1) is 16.9 Å². The minimum Gasteiger partial charge on any atom is -0.478 e. The van der Waals surface area contributed by atoms with Crippen LogP contribution in [0.4, 0.5) is 11.4 Å². The molecule has 0 atom stereocenters. The SMILES string of the molecule is Cc1ccccc1C(=O)Nc1cc(C(=O)O)ccc1N(CC(C)C)CC(C)C. The van der Waals surface area contributed by atoms with Gasteiger partial charge in [0.25, 0.3) is 5.91 Å². The second kappa shape index (κ2) is 9.40. The number of aromatic carboxylic acids is 1. The Morgan fingerprint density at radius 1 is 1.00 bits per heavy atom. The van der Waals surface area contributed by atoms with Crippen LogP contribution < -0.4 is 10.2 Å². The van der Waals surface area contributed by atoms with Crippen molar-refractivity contribution in [3.8, 4) is 0 Å². The molecule has 2 N–H and O–H groups in total. The van der Waals surface area contributed by atoms with Crippen molar-refractivity contribution < 1.29 is 14.7 Å².